The molecule has 0 aromatic carbocycles. The zero-order valence-corrected chi connectivity index (χ0v) is 11.0. The second-order valence-corrected chi connectivity index (χ2v) is 4.52. The number of nitrogens with zero attached hydrogens (tertiary/aromatic N) is 2. The van der Waals surface area contributed by atoms with Crippen molar-refractivity contribution < 1.29 is 18.3 Å². The van der Waals surface area contributed by atoms with E-state index in [-0.39, 0.29) is 12.2 Å². The van der Waals surface area contributed by atoms with E-state index < -0.39 is 18.1 Å². The monoisotopic (exact) mass is 276 g/mol. The number of carbonyl (C=O) groups excluding carboxylic acids is 1. The van der Waals surface area contributed by atoms with Gasteiger partial charge in [-0.25, -0.2) is 23.5 Å². The van der Waals surface area contributed by atoms with Crippen LogP contribution in [0.3, 0.4) is 0 Å². The van der Waals surface area contributed by atoms with Gasteiger partial charge < -0.3 is 4.74 Å². The lowest BCUT2D eigenvalue weighted by Gasteiger charge is -2.08. The molecule has 0 amide bonds. The van der Waals surface area contributed by atoms with E-state index in [0.717, 1.165) is 11.9 Å². The molecule has 100 valence electrons. The van der Waals surface area contributed by atoms with Gasteiger partial charge >= 0.3 is 5.97 Å². The second-order valence-electron chi connectivity index (χ2n) is 3.24. The van der Waals surface area contributed by atoms with Crippen molar-refractivity contribution in [3.8, 4) is 0 Å². The fourth-order valence-corrected chi connectivity index (χ4v) is 1.75. The van der Waals surface area contributed by atoms with Gasteiger partial charge in [0.2, 0.25) is 0 Å². The van der Waals surface area contributed by atoms with E-state index in [9.17, 15) is 13.6 Å². The lowest BCUT2D eigenvalue weighted by molar-refractivity contribution is 0.0512. The second kappa shape index (κ2) is 7.25. The average molecular weight is 276 g/mol. The molecule has 0 aliphatic rings. The first-order valence-electron chi connectivity index (χ1n) is 5.48. The fraction of sp³-hybridized carbons (Fsp3) is 0.545. The molecule has 0 unspecified atom stereocenters. The third kappa shape index (κ3) is 3.90. The summed E-state index contributed by atoms with van der Waals surface area (Å²) in [5.74, 6) is 0.763. The zero-order valence-electron chi connectivity index (χ0n) is 10.2. The van der Waals surface area contributed by atoms with E-state index >= 15 is 0 Å². The van der Waals surface area contributed by atoms with E-state index in [4.69, 9.17) is 0 Å². The molecule has 0 atom stereocenters. The predicted octanol–water partition coefficient (Wildman–Crippen LogP) is 2.84. The van der Waals surface area contributed by atoms with Crippen LogP contribution in [-0.2, 0) is 10.5 Å². The molecule has 0 radical (unpaired) electrons. The van der Waals surface area contributed by atoms with Crippen LogP contribution in [-0.4, -0.2) is 28.3 Å². The van der Waals surface area contributed by atoms with Crippen LogP contribution in [0.2, 0.25) is 0 Å². The first kappa shape index (κ1) is 14.8. The van der Waals surface area contributed by atoms with Crippen molar-refractivity contribution in [3.63, 3.8) is 0 Å². The van der Waals surface area contributed by atoms with Crippen molar-refractivity contribution in [2.75, 3.05) is 12.4 Å². The van der Waals surface area contributed by atoms with Gasteiger partial charge in [0.05, 0.1) is 12.4 Å². The SMILES string of the molecule is CCOC(=O)c1cnc(CSCC)nc1C(F)F. The summed E-state index contributed by atoms with van der Waals surface area (Å²) in [7, 11) is 0. The largest absolute Gasteiger partial charge is 0.462 e. The highest BCUT2D eigenvalue weighted by Crippen LogP contribution is 2.22. The highest BCUT2D eigenvalue weighted by Gasteiger charge is 2.22. The van der Waals surface area contributed by atoms with Crippen LogP contribution in [0.25, 0.3) is 0 Å². The maximum absolute atomic E-state index is 12.8. The summed E-state index contributed by atoms with van der Waals surface area (Å²) in [6.07, 6.45) is -1.71. The molecular weight excluding hydrogens is 262 g/mol. The number of thioether (sulfide) groups is 1. The Morgan fingerprint density at radius 3 is 2.78 bits per heavy atom. The molecule has 1 aromatic rings. The molecule has 1 rings (SSSR count). The minimum Gasteiger partial charge on any atom is -0.462 e. The molecule has 1 heterocycles. The quantitative estimate of drug-likeness (QED) is 0.748. The number of aromatic nitrogens is 2. The van der Waals surface area contributed by atoms with E-state index in [1.54, 1.807) is 6.92 Å². The Balaban J connectivity index is 3.00. The van der Waals surface area contributed by atoms with Crippen LogP contribution in [0.1, 0.15) is 42.1 Å². The number of ether oxygens (including phenoxy) is 1. The van der Waals surface area contributed by atoms with E-state index in [2.05, 4.69) is 14.7 Å². The molecule has 18 heavy (non-hydrogen) atoms. The summed E-state index contributed by atoms with van der Waals surface area (Å²) in [6, 6.07) is 0. The van der Waals surface area contributed by atoms with Crippen LogP contribution in [0, 0.1) is 0 Å². The van der Waals surface area contributed by atoms with E-state index in [0.29, 0.717) is 11.6 Å². The fourth-order valence-electron chi connectivity index (χ4n) is 1.23. The number of hydrogen-bond acceptors (Lipinski definition) is 5. The third-order valence-electron chi connectivity index (χ3n) is 2.01. The van der Waals surface area contributed by atoms with Gasteiger partial charge in [0.15, 0.2) is 0 Å². The molecule has 0 aliphatic heterocycles. The Labute approximate surface area is 108 Å². The lowest BCUT2D eigenvalue weighted by atomic mass is 10.2. The Kier molecular flexibility index (Phi) is 5.97. The summed E-state index contributed by atoms with van der Waals surface area (Å²) < 4.78 is 30.3. The highest BCUT2D eigenvalue weighted by atomic mass is 32.2. The number of carbonyl (C=O) groups is 1. The van der Waals surface area contributed by atoms with Crippen LogP contribution in [0.4, 0.5) is 8.78 Å². The Morgan fingerprint density at radius 2 is 2.22 bits per heavy atom. The smallest absolute Gasteiger partial charge is 0.341 e. The molecule has 4 nitrogen and oxygen atoms in total. The number of halogens is 2. The van der Waals surface area contributed by atoms with Crippen molar-refractivity contribution in [1.29, 1.82) is 0 Å². The van der Waals surface area contributed by atoms with Crippen LogP contribution >= 0.6 is 11.8 Å². The third-order valence-corrected chi connectivity index (χ3v) is 2.88. The molecule has 0 bridgehead atoms. The molecule has 0 spiro atoms. The summed E-state index contributed by atoms with van der Waals surface area (Å²) in [5.41, 5.74) is -0.827. The average Bonchev–Trinajstić information content (AvgIpc) is 2.36. The van der Waals surface area contributed by atoms with Crippen molar-refractivity contribution in [2.24, 2.45) is 0 Å². The Bertz CT molecular complexity index is 416. The molecule has 7 heteroatoms. The first-order valence-corrected chi connectivity index (χ1v) is 6.64. The zero-order chi connectivity index (χ0) is 13.5. The molecular formula is C11H14F2N2O2S. The first-order chi connectivity index (χ1) is 8.60. The summed E-state index contributed by atoms with van der Waals surface area (Å²) >= 11 is 1.52. The summed E-state index contributed by atoms with van der Waals surface area (Å²) in [4.78, 5) is 19.1. The van der Waals surface area contributed by atoms with Crippen molar-refractivity contribution in [3.05, 3.63) is 23.3 Å². The molecule has 0 fully saturated rings. The van der Waals surface area contributed by atoms with Crippen LogP contribution < -0.4 is 0 Å². The molecule has 0 N–H and O–H groups in total. The topological polar surface area (TPSA) is 52.1 Å². The van der Waals surface area contributed by atoms with Crippen molar-refractivity contribution in [2.45, 2.75) is 26.0 Å². The van der Waals surface area contributed by atoms with Gasteiger partial charge in [-0.1, -0.05) is 6.92 Å². The van der Waals surface area contributed by atoms with Gasteiger partial charge in [-0.15, -0.1) is 0 Å². The minimum atomic E-state index is -2.82. The standard InChI is InChI=1S/C11H14F2N2O2S/c1-3-17-11(16)7-5-14-8(6-18-4-2)15-9(7)10(12)13/h5,10H,3-4,6H2,1-2H3. The molecule has 0 saturated carbocycles. The highest BCUT2D eigenvalue weighted by molar-refractivity contribution is 7.98. The Hall–Kier alpha value is -1.24. The molecule has 1 aromatic heterocycles. The van der Waals surface area contributed by atoms with Gasteiger partial charge in [0.25, 0.3) is 6.43 Å². The van der Waals surface area contributed by atoms with Gasteiger partial charge in [-0.2, -0.15) is 11.8 Å². The number of esters is 1. The van der Waals surface area contributed by atoms with Crippen molar-refractivity contribution >= 4 is 17.7 Å². The number of alkyl halides is 2. The van der Waals surface area contributed by atoms with Crippen molar-refractivity contribution in [1.82, 2.24) is 9.97 Å². The number of hydrogen-bond donors (Lipinski definition) is 0. The number of rotatable bonds is 6. The van der Waals surface area contributed by atoms with Crippen LogP contribution in [0.15, 0.2) is 6.20 Å². The van der Waals surface area contributed by atoms with E-state index in [1.165, 1.54) is 11.8 Å². The summed E-state index contributed by atoms with van der Waals surface area (Å²) in [6.45, 7) is 3.67. The maximum Gasteiger partial charge on any atom is 0.341 e. The normalized spacial score (nSPS) is 10.7. The lowest BCUT2D eigenvalue weighted by Crippen LogP contribution is -2.12. The van der Waals surface area contributed by atoms with Crippen LogP contribution in [0.5, 0.6) is 0 Å². The minimum absolute atomic E-state index is 0.120. The molecule has 0 saturated heterocycles. The summed E-state index contributed by atoms with van der Waals surface area (Å²) in [5, 5.41) is 0. The van der Waals surface area contributed by atoms with E-state index in [1.807, 2.05) is 6.92 Å². The van der Waals surface area contributed by atoms with Gasteiger partial charge in [0.1, 0.15) is 17.1 Å². The molecule has 0 aliphatic carbocycles. The van der Waals surface area contributed by atoms with Gasteiger partial charge in [-0.3, -0.25) is 0 Å². The van der Waals surface area contributed by atoms with Gasteiger partial charge in [-0.05, 0) is 12.7 Å². The van der Waals surface area contributed by atoms with Gasteiger partial charge in [0, 0.05) is 6.20 Å². The maximum atomic E-state index is 12.8. The predicted molar refractivity (Wildman–Crippen MR) is 64.8 cm³/mol. The Morgan fingerprint density at radius 1 is 1.50 bits per heavy atom.